The summed E-state index contributed by atoms with van der Waals surface area (Å²) in [5, 5.41) is 13.7. The fourth-order valence-electron chi connectivity index (χ4n) is 5.04. The summed E-state index contributed by atoms with van der Waals surface area (Å²) >= 11 is 3.66. The molecule has 1 saturated carbocycles. The fourth-order valence-corrected chi connectivity index (χ4v) is 5.57. The number of rotatable bonds is 4. The summed E-state index contributed by atoms with van der Waals surface area (Å²) < 4.78 is 14.1. The second-order valence-electron chi connectivity index (χ2n) is 8.65. The van der Waals surface area contributed by atoms with Crippen LogP contribution in [0.2, 0.25) is 0 Å². The number of hydrogen-bond acceptors (Lipinski definition) is 5. The lowest BCUT2D eigenvalue weighted by Crippen LogP contribution is -2.23. The van der Waals surface area contributed by atoms with E-state index >= 15 is 0 Å². The van der Waals surface area contributed by atoms with Gasteiger partial charge < -0.3 is 13.8 Å². The van der Waals surface area contributed by atoms with Gasteiger partial charge in [0.15, 0.2) is 0 Å². The van der Waals surface area contributed by atoms with Gasteiger partial charge in [-0.1, -0.05) is 23.4 Å². The molecule has 0 radical (unpaired) electrons. The van der Waals surface area contributed by atoms with E-state index in [0.29, 0.717) is 17.7 Å². The molecular weight excluding hydrogens is 480 g/mol. The number of aryl methyl sites for hydroxylation is 2. The molecule has 2 aromatic heterocycles. The Hall–Kier alpha value is -2.95. The molecule has 6 nitrogen and oxygen atoms in total. The van der Waals surface area contributed by atoms with Crippen molar-refractivity contribution in [3.8, 4) is 28.6 Å². The average Bonchev–Trinajstić information content (AvgIpc) is 3.38. The van der Waals surface area contributed by atoms with E-state index in [1.807, 2.05) is 32.0 Å². The molecule has 0 spiro atoms. The maximum atomic E-state index is 9.56. The normalized spacial score (nSPS) is 18.5. The monoisotopic (exact) mass is 504 g/mol. The summed E-state index contributed by atoms with van der Waals surface area (Å²) in [5.74, 6) is 1.68. The van der Waals surface area contributed by atoms with E-state index in [2.05, 4.69) is 49.9 Å². The Bertz CT molecular complexity index is 1350. The first-order chi connectivity index (χ1) is 16.0. The van der Waals surface area contributed by atoms with Crippen LogP contribution in [0.3, 0.4) is 0 Å². The third-order valence-corrected chi connectivity index (χ3v) is 7.57. The van der Waals surface area contributed by atoms with Crippen molar-refractivity contribution in [1.29, 1.82) is 5.26 Å². The van der Waals surface area contributed by atoms with Gasteiger partial charge in [-0.2, -0.15) is 5.26 Å². The van der Waals surface area contributed by atoms with E-state index < -0.39 is 0 Å². The van der Waals surface area contributed by atoms with E-state index in [1.54, 1.807) is 7.11 Å². The standard InChI is InChI=1S/C26H25BrN4O2/c1-15-24(16(2)33-30-15)17-7-12-23-22(13-17)29-26(21-6-4-5-18(14-28)25(21)27)31(23)19-8-10-20(32-3)11-9-19/h4-7,12-13,19-20H,8-11H2,1-3H3. The van der Waals surface area contributed by atoms with Gasteiger partial charge in [0.2, 0.25) is 0 Å². The van der Waals surface area contributed by atoms with Gasteiger partial charge in [0.05, 0.1) is 28.4 Å². The van der Waals surface area contributed by atoms with Gasteiger partial charge in [0.25, 0.3) is 0 Å². The quantitative estimate of drug-likeness (QED) is 0.307. The molecule has 0 amide bonds. The molecule has 0 atom stereocenters. The first-order valence-corrected chi connectivity index (χ1v) is 12.0. The minimum atomic E-state index is 0.318. The molecule has 0 aliphatic heterocycles. The molecule has 1 aliphatic rings. The second-order valence-corrected chi connectivity index (χ2v) is 9.45. The number of halogens is 1. The molecule has 1 fully saturated rings. The van der Waals surface area contributed by atoms with Crippen molar-refractivity contribution >= 4 is 27.0 Å². The molecular formula is C26H25BrN4O2. The number of benzene rings is 2. The maximum Gasteiger partial charge on any atom is 0.142 e. The van der Waals surface area contributed by atoms with Crippen LogP contribution in [0.1, 0.15) is 48.7 Å². The molecule has 5 rings (SSSR count). The van der Waals surface area contributed by atoms with Crippen LogP contribution in [-0.4, -0.2) is 27.9 Å². The third-order valence-electron chi connectivity index (χ3n) is 6.71. The minimum Gasteiger partial charge on any atom is -0.381 e. The van der Waals surface area contributed by atoms with Gasteiger partial charge >= 0.3 is 0 Å². The van der Waals surface area contributed by atoms with Crippen molar-refractivity contribution in [2.75, 3.05) is 7.11 Å². The number of aromatic nitrogens is 3. The highest BCUT2D eigenvalue weighted by Crippen LogP contribution is 2.40. The second kappa shape index (κ2) is 8.77. The Morgan fingerprint density at radius 3 is 2.61 bits per heavy atom. The van der Waals surface area contributed by atoms with Gasteiger partial charge in [-0.25, -0.2) is 4.98 Å². The molecule has 168 valence electrons. The van der Waals surface area contributed by atoms with Crippen LogP contribution in [0.25, 0.3) is 33.5 Å². The minimum absolute atomic E-state index is 0.318. The molecule has 33 heavy (non-hydrogen) atoms. The predicted octanol–water partition coefficient (Wildman–Crippen LogP) is 6.74. The predicted molar refractivity (Wildman–Crippen MR) is 131 cm³/mol. The number of methoxy groups -OCH3 is 1. The van der Waals surface area contributed by atoms with E-state index in [9.17, 15) is 5.26 Å². The van der Waals surface area contributed by atoms with E-state index in [4.69, 9.17) is 14.2 Å². The lowest BCUT2D eigenvalue weighted by Gasteiger charge is -2.30. The summed E-state index contributed by atoms with van der Waals surface area (Å²) in [6, 6.07) is 14.7. The van der Waals surface area contributed by atoms with Crippen LogP contribution in [-0.2, 0) is 4.74 Å². The molecule has 4 aromatic rings. The topological polar surface area (TPSA) is 76.9 Å². The zero-order chi connectivity index (χ0) is 23.1. The number of nitrogens with zero attached hydrogens (tertiary/aromatic N) is 4. The fraction of sp³-hybridized carbons (Fsp3) is 0.346. The van der Waals surface area contributed by atoms with Crippen LogP contribution in [0.5, 0.6) is 0 Å². The highest BCUT2D eigenvalue weighted by molar-refractivity contribution is 9.10. The lowest BCUT2D eigenvalue weighted by molar-refractivity contribution is 0.0591. The number of imidazole rings is 1. The first kappa shape index (κ1) is 21.9. The van der Waals surface area contributed by atoms with Crippen LogP contribution in [0, 0.1) is 25.2 Å². The van der Waals surface area contributed by atoms with Gasteiger partial charge in [0, 0.05) is 28.8 Å². The number of fused-ring (bicyclic) bond motifs is 1. The van der Waals surface area contributed by atoms with E-state index in [-0.39, 0.29) is 0 Å². The lowest BCUT2D eigenvalue weighted by atomic mass is 9.92. The summed E-state index contributed by atoms with van der Waals surface area (Å²) in [7, 11) is 1.80. The molecule has 0 N–H and O–H groups in total. The van der Waals surface area contributed by atoms with Gasteiger partial charge in [-0.05, 0) is 79.2 Å². The highest BCUT2D eigenvalue weighted by atomic mass is 79.9. The van der Waals surface area contributed by atoms with Crippen molar-refractivity contribution < 1.29 is 9.26 Å². The van der Waals surface area contributed by atoms with Crippen molar-refractivity contribution in [2.24, 2.45) is 0 Å². The Morgan fingerprint density at radius 1 is 1.15 bits per heavy atom. The number of nitriles is 1. The average molecular weight is 505 g/mol. The largest absolute Gasteiger partial charge is 0.381 e. The van der Waals surface area contributed by atoms with Crippen LogP contribution < -0.4 is 0 Å². The molecule has 7 heteroatoms. The van der Waals surface area contributed by atoms with E-state index in [1.165, 1.54) is 0 Å². The van der Waals surface area contributed by atoms with Crippen molar-refractivity contribution in [3.05, 3.63) is 57.9 Å². The zero-order valence-electron chi connectivity index (χ0n) is 18.9. The molecule has 2 aromatic carbocycles. The van der Waals surface area contributed by atoms with Crippen LogP contribution in [0.4, 0.5) is 0 Å². The van der Waals surface area contributed by atoms with E-state index in [0.717, 1.165) is 75.2 Å². The first-order valence-electron chi connectivity index (χ1n) is 11.2. The summed E-state index contributed by atoms with van der Waals surface area (Å²) in [6.45, 7) is 3.89. The summed E-state index contributed by atoms with van der Waals surface area (Å²) in [5.41, 5.74) is 6.47. The van der Waals surface area contributed by atoms with Crippen molar-refractivity contribution in [3.63, 3.8) is 0 Å². The Balaban J connectivity index is 1.70. The summed E-state index contributed by atoms with van der Waals surface area (Å²) in [6.07, 6.45) is 4.42. The van der Waals surface area contributed by atoms with Gasteiger partial charge in [-0.15, -0.1) is 0 Å². The van der Waals surface area contributed by atoms with Gasteiger partial charge in [0.1, 0.15) is 17.7 Å². The molecule has 0 bridgehead atoms. The van der Waals surface area contributed by atoms with Crippen LogP contribution in [0.15, 0.2) is 45.4 Å². The van der Waals surface area contributed by atoms with Crippen LogP contribution >= 0.6 is 15.9 Å². The summed E-state index contributed by atoms with van der Waals surface area (Å²) in [4.78, 5) is 5.10. The molecule has 0 unspecified atom stereocenters. The SMILES string of the molecule is COC1CCC(n2c(-c3cccc(C#N)c3Br)nc3cc(-c4c(C)noc4C)ccc32)CC1. The Labute approximate surface area is 201 Å². The third kappa shape index (κ3) is 3.77. The number of hydrogen-bond donors (Lipinski definition) is 0. The smallest absolute Gasteiger partial charge is 0.142 e. The Morgan fingerprint density at radius 2 is 1.94 bits per heavy atom. The molecule has 2 heterocycles. The molecule has 0 saturated heterocycles. The number of ether oxygens (including phenoxy) is 1. The Kier molecular flexibility index (Phi) is 5.81. The van der Waals surface area contributed by atoms with Crippen molar-refractivity contribution in [1.82, 2.24) is 14.7 Å². The maximum absolute atomic E-state index is 9.56. The van der Waals surface area contributed by atoms with Crippen molar-refractivity contribution in [2.45, 2.75) is 51.7 Å². The highest BCUT2D eigenvalue weighted by Gasteiger charge is 2.27. The zero-order valence-corrected chi connectivity index (χ0v) is 20.5. The van der Waals surface area contributed by atoms with Gasteiger partial charge in [-0.3, -0.25) is 0 Å². The molecule has 1 aliphatic carbocycles.